The van der Waals surface area contributed by atoms with Gasteiger partial charge in [-0.15, -0.1) is 13.2 Å². The Labute approximate surface area is 182 Å². The number of carbonyl (C=O) groups is 1. The molecule has 7 nitrogen and oxygen atoms in total. The molecule has 2 fully saturated rings. The number of aliphatic hydroxyl groups is 1. The summed E-state index contributed by atoms with van der Waals surface area (Å²) in [4.78, 5) is 12.0. The molecule has 1 aromatic rings. The highest BCUT2D eigenvalue weighted by Gasteiger charge is 2.49. The Morgan fingerprint density at radius 2 is 2.00 bits per heavy atom. The van der Waals surface area contributed by atoms with E-state index in [1.54, 1.807) is 24.3 Å². The zero-order valence-electron chi connectivity index (χ0n) is 16.7. The standard InChI is InChI=1S/C20H25ClF3NO6/c21-13-2-5-15(6-3-13)28-12-18(27)25-14-4-7-17(29-10-14)16(26)11-30-19(8-1-9-19)31-20(22,23)24/h2-3,5-6,14,16-17,26H,1,4,7-12H2,(H,25,27)/t14-,16?,17+/m1/s1. The highest BCUT2D eigenvalue weighted by atomic mass is 35.5. The van der Waals surface area contributed by atoms with E-state index in [2.05, 4.69) is 10.1 Å². The van der Waals surface area contributed by atoms with Crippen LogP contribution in [0.3, 0.4) is 0 Å². The van der Waals surface area contributed by atoms with E-state index in [1.165, 1.54) is 0 Å². The lowest BCUT2D eigenvalue weighted by Gasteiger charge is -2.42. The SMILES string of the molecule is O=C(COc1ccc(Cl)cc1)N[C@@H]1CC[C@@H](C(O)COC2(OC(F)(F)F)CCC2)OC1. The molecule has 1 saturated carbocycles. The van der Waals surface area contributed by atoms with E-state index in [0.717, 1.165) is 0 Å². The molecular formula is C20H25ClF3NO6. The fourth-order valence-electron chi connectivity index (χ4n) is 3.44. The second-order valence-corrected chi connectivity index (χ2v) is 8.08. The zero-order valence-corrected chi connectivity index (χ0v) is 17.5. The predicted octanol–water partition coefficient (Wildman–Crippen LogP) is 3.18. The Morgan fingerprint density at radius 1 is 1.29 bits per heavy atom. The summed E-state index contributed by atoms with van der Waals surface area (Å²) in [5, 5.41) is 13.6. The number of hydrogen-bond acceptors (Lipinski definition) is 6. The van der Waals surface area contributed by atoms with Crippen LogP contribution < -0.4 is 10.1 Å². The van der Waals surface area contributed by atoms with Crippen molar-refractivity contribution < 1.29 is 42.0 Å². The number of hydrogen-bond donors (Lipinski definition) is 2. The molecule has 11 heteroatoms. The molecule has 2 N–H and O–H groups in total. The van der Waals surface area contributed by atoms with Gasteiger partial charge in [0, 0.05) is 17.9 Å². The number of halogens is 4. The zero-order chi connectivity index (χ0) is 22.5. The summed E-state index contributed by atoms with van der Waals surface area (Å²) in [5.41, 5.74) is 0. The Bertz CT molecular complexity index is 721. The lowest BCUT2D eigenvalue weighted by molar-refractivity contribution is -0.436. The van der Waals surface area contributed by atoms with Crippen LogP contribution in [0.4, 0.5) is 13.2 Å². The van der Waals surface area contributed by atoms with Gasteiger partial charge in [-0.25, -0.2) is 0 Å². The summed E-state index contributed by atoms with van der Waals surface area (Å²) in [6, 6.07) is 6.36. The molecule has 31 heavy (non-hydrogen) atoms. The van der Waals surface area contributed by atoms with Crippen molar-refractivity contribution in [1.29, 1.82) is 0 Å². The van der Waals surface area contributed by atoms with Gasteiger partial charge in [-0.2, -0.15) is 0 Å². The number of rotatable bonds is 9. The third-order valence-corrected chi connectivity index (χ3v) is 5.48. The maximum absolute atomic E-state index is 12.5. The minimum absolute atomic E-state index is 0.122. The Hall–Kier alpha value is -1.59. The number of alkyl halides is 3. The van der Waals surface area contributed by atoms with Crippen molar-refractivity contribution in [2.45, 2.75) is 62.5 Å². The Balaban J connectivity index is 1.35. The lowest BCUT2D eigenvalue weighted by atomic mass is 9.91. The normalized spacial score (nSPS) is 24.2. The Morgan fingerprint density at radius 3 is 2.55 bits per heavy atom. The molecule has 174 valence electrons. The van der Waals surface area contributed by atoms with Crippen LogP contribution in [0, 0.1) is 0 Å². The molecule has 0 radical (unpaired) electrons. The first kappa shape index (κ1) is 24.1. The first-order chi connectivity index (χ1) is 14.6. The molecule has 3 atom stereocenters. The highest BCUT2D eigenvalue weighted by Crippen LogP contribution is 2.41. The average Bonchev–Trinajstić information content (AvgIpc) is 2.69. The number of ether oxygens (including phenoxy) is 4. The van der Waals surface area contributed by atoms with E-state index in [0.29, 0.717) is 30.0 Å². The van der Waals surface area contributed by atoms with Crippen molar-refractivity contribution in [3.8, 4) is 5.75 Å². The summed E-state index contributed by atoms with van der Waals surface area (Å²) in [6.45, 7) is -0.329. The van der Waals surface area contributed by atoms with Gasteiger partial charge in [-0.3, -0.25) is 9.53 Å². The van der Waals surface area contributed by atoms with Gasteiger partial charge in [-0.05, 0) is 43.5 Å². The van der Waals surface area contributed by atoms with Gasteiger partial charge in [0.25, 0.3) is 5.91 Å². The molecular weight excluding hydrogens is 443 g/mol. The molecule has 2 aliphatic rings. The van der Waals surface area contributed by atoms with Crippen LogP contribution >= 0.6 is 11.6 Å². The van der Waals surface area contributed by atoms with E-state index in [4.69, 9.17) is 25.8 Å². The van der Waals surface area contributed by atoms with Crippen molar-refractivity contribution in [3.63, 3.8) is 0 Å². The molecule has 1 aliphatic carbocycles. The molecule has 1 aliphatic heterocycles. The summed E-state index contributed by atoms with van der Waals surface area (Å²) >= 11 is 5.79. The topological polar surface area (TPSA) is 86.3 Å². The predicted molar refractivity (Wildman–Crippen MR) is 104 cm³/mol. The van der Waals surface area contributed by atoms with E-state index in [-0.39, 0.29) is 44.6 Å². The molecule has 0 aromatic heterocycles. The van der Waals surface area contributed by atoms with Crippen molar-refractivity contribution >= 4 is 17.5 Å². The van der Waals surface area contributed by atoms with Crippen molar-refractivity contribution in [1.82, 2.24) is 5.32 Å². The number of benzene rings is 1. The second-order valence-electron chi connectivity index (χ2n) is 7.65. The average molecular weight is 468 g/mol. The van der Waals surface area contributed by atoms with Crippen molar-refractivity contribution in [3.05, 3.63) is 29.3 Å². The van der Waals surface area contributed by atoms with Crippen LogP contribution in [0.2, 0.25) is 5.02 Å². The molecule has 1 unspecified atom stereocenters. The maximum Gasteiger partial charge on any atom is 0.524 e. The monoisotopic (exact) mass is 467 g/mol. The number of amides is 1. The van der Waals surface area contributed by atoms with Gasteiger partial charge in [0.15, 0.2) is 12.4 Å². The fourth-order valence-corrected chi connectivity index (χ4v) is 3.56. The summed E-state index contributed by atoms with van der Waals surface area (Å²) in [6.07, 6.45) is -4.72. The van der Waals surface area contributed by atoms with E-state index < -0.39 is 24.4 Å². The van der Waals surface area contributed by atoms with Crippen LogP contribution in [-0.4, -0.2) is 61.2 Å². The first-order valence-electron chi connectivity index (χ1n) is 10.0. The third kappa shape index (κ3) is 7.50. The number of carbonyl (C=O) groups excluding carboxylic acids is 1. The molecule has 1 heterocycles. The fraction of sp³-hybridized carbons (Fsp3) is 0.650. The molecule has 0 bridgehead atoms. The van der Waals surface area contributed by atoms with Gasteiger partial charge >= 0.3 is 6.36 Å². The Kier molecular flexibility index (Phi) is 8.03. The van der Waals surface area contributed by atoms with E-state index in [9.17, 15) is 23.1 Å². The van der Waals surface area contributed by atoms with Crippen molar-refractivity contribution in [2.75, 3.05) is 19.8 Å². The summed E-state index contributed by atoms with van der Waals surface area (Å²) in [7, 11) is 0. The van der Waals surface area contributed by atoms with E-state index in [1.807, 2.05) is 0 Å². The van der Waals surface area contributed by atoms with Gasteiger partial charge in [-0.1, -0.05) is 11.6 Å². The van der Waals surface area contributed by atoms with Crippen LogP contribution in [0.25, 0.3) is 0 Å². The second kappa shape index (κ2) is 10.4. The summed E-state index contributed by atoms with van der Waals surface area (Å²) < 4.78 is 57.9. The summed E-state index contributed by atoms with van der Waals surface area (Å²) in [5.74, 6) is -1.52. The minimum atomic E-state index is -4.80. The van der Waals surface area contributed by atoms with Crippen molar-refractivity contribution in [2.24, 2.45) is 0 Å². The quantitative estimate of drug-likeness (QED) is 0.543. The van der Waals surface area contributed by atoms with Gasteiger partial charge < -0.3 is 24.6 Å². The number of aliphatic hydroxyl groups excluding tert-OH is 1. The first-order valence-corrected chi connectivity index (χ1v) is 10.4. The lowest BCUT2D eigenvalue weighted by Crippen LogP contribution is -2.50. The molecule has 0 spiro atoms. The molecule has 3 rings (SSSR count). The minimum Gasteiger partial charge on any atom is -0.484 e. The largest absolute Gasteiger partial charge is 0.524 e. The smallest absolute Gasteiger partial charge is 0.484 e. The maximum atomic E-state index is 12.5. The van der Waals surface area contributed by atoms with Gasteiger partial charge in [0.1, 0.15) is 11.9 Å². The third-order valence-electron chi connectivity index (χ3n) is 5.22. The van der Waals surface area contributed by atoms with Gasteiger partial charge in [0.2, 0.25) is 0 Å². The molecule has 1 saturated heterocycles. The molecule has 1 amide bonds. The number of nitrogens with one attached hydrogen (secondary N) is 1. The van der Waals surface area contributed by atoms with Crippen LogP contribution in [0.15, 0.2) is 24.3 Å². The van der Waals surface area contributed by atoms with Crippen LogP contribution in [0.1, 0.15) is 32.1 Å². The van der Waals surface area contributed by atoms with Gasteiger partial charge in [0.05, 0.1) is 25.4 Å². The van der Waals surface area contributed by atoms with Crippen LogP contribution in [0.5, 0.6) is 5.75 Å². The highest BCUT2D eigenvalue weighted by molar-refractivity contribution is 6.30. The van der Waals surface area contributed by atoms with Crippen LogP contribution in [-0.2, 0) is 19.0 Å². The van der Waals surface area contributed by atoms with E-state index >= 15 is 0 Å². The molecule has 1 aromatic carbocycles.